The maximum Gasteiger partial charge on any atom is 0.233 e. The van der Waals surface area contributed by atoms with Gasteiger partial charge in [0.25, 0.3) is 0 Å². The molecule has 1 heterocycles. The SMILES string of the molecule is CCCCCCC1CCC(CCc2ccc(-c3ccc(OCCC)nn3)c(F)c2)CC1. The summed E-state index contributed by atoms with van der Waals surface area (Å²) in [4.78, 5) is 0. The van der Waals surface area contributed by atoms with Crippen LogP contribution in [0.5, 0.6) is 5.88 Å². The Balaban J connectivity index is 1.44. The molecule has 0 aliphatic heterocycles. The molecular weight excluding hydrogens is 387 g/mol. The van der Waals surface area contributed by atoms with Gasteiger partial charge in [0.05, 0.1) is 12.3 Å². The lowest BCUT2D eigenvalue weighted by Gasteiger charge is -2.28. The predicted octanol–water partition coefficient (Wildman–Crippen LogP) is 7.78. The van der Waals surface area contributed by atoms with Crippen LogP contribution in [0.1, 0.15) is 90.0 Å². The minimum atomic E-state index is -0.218. The molecule has 0 spiro atoms. The largest absolute Gasteiger partial charge is 0.477 e. The molecule has 1 fully saturated rings. The molecule has 0 amide bonds. The van der Waals surface area contributed by atoms with Crippen LogP contribution in [0.2, 0.25) is 0 Å². The van der Waals surface area contributed by atoms with E-state index < -0.39 is 0 Å². The highest BCUT2D eigenvalue weighted by Gasteiger charge is 2.21. The molecule has 31 heavy (non-hydrogen) atoms. The van der Waals surface area contributed by atoms with Crippen LogP contribution >= 0.6 is 0 Å². The molecule has 1 aromatic carbocycles. The van der Waals surface area contributed by atoms with E-state index in [0.717, 1.165) is 30.2 Å². The van der Waals surface area contributed by atoms with Crippen molar-refractivity contribution in [2.24, 2.45) is 11.8 Å². The van der Waals surface area contributed by atoms with Gasteiger partial charge in [0, 0.05) is 11.6 Å². The third-order valence-corrected chi connectivity index (χ3v) is 6.68. The third kappa shape index (κ3) is 7.59. The molecular formula is C27H39FN2O. The number of aryl methyl sites for hydroxylation is 1. The van der Waals surface area contributed by atoms with Gasteiger partial charge in [-0.3, -0.25) is 0 Å². The number of benzene rings is 1. The van der Waals surface area contributed by atoms with Crippen molar-refractivity contribution < 1.29 is 9.13 Å². The topological polar surface area (TPSA) is 35.0 Å². The lowest BCUT2D eigenvalue weighted by molar-refractivity contribution is 0.249. The summed E-state index contributed by atoms with van der Waals surface area (Å²) in [5, 5.41) is 8.18. The Hall–Kier alpha value is -1.97. The van der Waals surface area contributed by atoms with Gasteiger partial charge in [-0.15, -0.1) is 10.2 Å². The molecule has 4 heteroatoms. The summed E-state index contributed by atoms with van der Waals surface area (Å²) in [6.45, 7) is 4.93. The van der Waals surface area contributed by atoms with E-state index in [1.54, 1.807) is 18.2 Å². The number of hydrogen-bond acceptors (Lipinski definition) is 3. The summed E-state index contributed by atoms with van der Waals surface area (Å²) < 4.78 is 20.2. The van der Waals surface area contributed by atoms with Crippen LogP contribution in [0.25, 0.3) is 11.3 Å². The highest BCUT2D eigenvalue weighted by molar-refractivity contribution is 5.60. The monoisotopic (exact) mass is 426 g/mol. The van der Waals surface area contributed by atoms with Crippen molar-refractivity contribution in [3.05, 3.63) is 41.7 Å². The molecule has 0 unspecified atom stereocenters. The van der Waals surface area contributed by atoms with Crippen LogP contribution in [-0.2, 0) is 6.42 Å². The molecule has 1 aromatic heterocycles. The molecule has 0 bridgehead atoms. The van der Waals surface area contributed by atoms with E-state index in [1.165, 1.54) is 64.2 Å². The molecule has 170 valence electrons. The summed E-state index contributed by atoms with van der Waals surface area (Å²) >= 11 is 0. The first-order chi connectivity index (χ1) is 15.2. The zero-order valence-electron chi connectivity index (χ0n) is 19.4. The first-order valence-corrected chi connectivity index (χ1v) is 12.4. The molecule has 1 aliphatic rings. The van der Waals surface area contributed by atoms with Gasteiger partial charge in [-0.05, 0) is 54.9 Å². The van der Waals surface area contributed by atoms with E-state index in [9.17, 15) is 4.39 Å². The zero-order valence-corrected chi connectivity index (χ0v) is 19.4. The Labute approximate surface area is 187 Å². The number of aromatic nitrogens is 2. The van der Waals surface area contributed by atoms with Gasteiger partial charge >= 0.3 is 0 Å². The van der Waals surface area contributed by atoms with Crippen molar-refractivity contribution in [3.63, 3.8) is 0 Å². The molecule has 2 aromatic rings. The fourth-order valence-corrected chi connectivity index (χ4v) is 4.71. The van der Waals surface area contributed by atoms with Gasteiger partial charge in [-0.1, -0.05) is 77.7 Å². The van der Waals surface area contributed by atoms with Crippen LogP contribution in [0.4, 0.5) is 4.39 Å². The van der Waals surface area contributed by atoms with E-state index in [1.807, 2.05) is 19.1 Å². The Morgan fingerprint density at radius 1 is 0.871 bits per heavy atom. The van der Waals surface area contributed by atoms with Gasteiger partial charge < -0.3 is 4.74 Å². The maximum atomic E-state index is 14.7. The van der Waals surface area contributed by atoms with Gasteiger partial charge in [0.15, 0.2) is 0 Å². The quantitative estimate of drug-likeness (QED) is 0.325. The van der Waals surface area contributed by atoms with E-state index >= 15 is 0 Å². The van der Waals surface area contributed by atoms with Crippen molar-refractivity contribution in [2.75, 3.05) is 6.61 Å². The Kier molecular flexibility index (Phi) is 9.77. The van der Waals surface area contributed by atoms with Crippen molar-refractivity contribution in [3.8, 4) is 17.1 Å². The lowest BCUT2D eigenvalue weighted by atomic mass is 9.77. The van der Waals surface area contributed by atoms with Gasteiger partial charge in [-0.25, -0.2) is 4.39 Å². The van der Waals surface area contributed by atoms with Crippen LogP contribution in [0.3, 0.4) is 0 Å². The summed E-state index contributed by atoms with van der Waals surface area (Å²) in [6.07, 6.45) is 15.5. The number of hydrogen-bond donors (Lipinski definition) is 0. The van der Waals surface area contributed by atoms with E-state index in [0.29, 0.717) is 23.7 Å². The van der Waals surface area contributed by atoms with Crippen LogP contribution in [0.15, 0.2) is 30.3 Å². The Morgan fingerprint density at radius 3 is 2.29 bits per heavy atom. The second kappa shape index (κ2) is 12.8. The van der Waals surface area contributed by atoms with Crippen molar-refractivity contribution >= 4 is 0 Å². The van der Waals surface area contributed by atoms with E-state index in [4.69, 9.17) is 4.74 Å². The van der Waals surface area contributed by atoms with Crippen molar-refractivity contribution in [2.45, 2.75) is 90.9 Å². The fourth-order valence-electron chi connectivity index (χ4n) is 4.71. The normalized spacial score (nSPS) is 18.8. The number of rotatable bonds is 12. The second-order valence-corrected chi connectivity index (χ2v) is 9.19. The van der Waals surface area contributed by atoms with Gasteiger partial charge in [-0.2, -0.15) is 0 Å². The molecule has 0 atom stereocenters. The molecule has 3 rings (SSSR count). The minimum Gasteiger partial charge on any atom is -0.477 e. The van der Waals surface area contributed by atoms with Crippen molar-refractivity contribution in [1.82, 2.24) is 10.2 Å². The molecule has 3 nitrogen and oxygen atoms in total. The molecule has 0 N–H and O–H groups in total. The highest BCUT2D eigenvalue weighted by Crippen LogP contribution is 2.34. The zero-order chi connectivity index (χ0) is 21.9. The number of unbranched alkanes of at least 4 members (excludes halogenated alkanes) is 3. The van der Waals surface area contributed by atoms with Crippen LogP contribution in [-0.4, -0.2) is 16.8 Å². The first kappa shape index (κ1) is 23.7. The van der Waals surface area contributed by atoms with Crippen LogP contribution < -0.4 is 4.74 Å². The Morgan fingerprint density at radius 2 is 1.65 bits per heavy atom. The standard InChI is InChI=1S/C27H39FN2O/c1-3-5-6-7-8-21-9-11-22(12-10-21)13-14-23-15-16-24(25(28)20-23)26-17-18-27(30-29-26)31-19-4-2/h15-18,20-22H,3-14,19H2,1-2H3. The summed E-state index contributed by atoms with van der Waals surface area (Å²) in [6, 6.07) is 9.09. The van der Waals surface area contributed by atoms with Crippen molar-refractivity contribution in [1.29, 1.82) is 0 Å². The minimum absolute atomic E-state index is 0.218. The summed E-state index contributed by atoms with van der Waals surface area (Å²) in [7, 11) is 0. The van der Waals surface area contributed by atoms with Gasteiger partial charge in [0.2, 0.25) is 5.88 Å². The smallest absolute Gasteiger partial charge is 0.233 e. The average molecular weight is 427 g/mol. The number of nitrogens with zero attached hydrogens (tertiary/aromatic N) is 2. The highest BCUT2D eigenvalue weighted by atomic mass is 19.1. The number of halogens is 1. The third-order valence-electron chi connectivity index (χ3n) is 6.68. The summed E-state index contributed by atoms with van der Waals surface area (Å²) in [5.74, 6) is 2.02. The Bertz CT molecular complexity index is 769. The molecule has 0 saturated heterocycles. The molecule has 1 saturated carbocycles. The average Bonchev–Trinajstić information content (AvgIpc) is 2.80. The van der Waals surface area contributed by atoms with E-state index in [-0.39, 0.29) is 5.82 Å². The first-order valence-electron chi connectivity index (χ1n) is 12.4. The fraction of sp³-hybridized carbons (Fsp3) is 0.630. The van der Waals surface area contributed by atoms with E-state index in [2.05, 4.69) is 17.1 Å². The predicted molar refractivity (Wildman–Crippen MR) is 126 cm³/mol. The number of ether oxygens (including phenoxy) is 1. The maximum absolute atomic E-state index is 14.7. The van der Waals surface area contributed by atoms with Crippen LogP contribution in [0, 0.1) is 17.7 Å². The summed E-state index contributed by atoms with van der Waals surface area (Å²) in [5.41, 5.74) is 2.13. The van der Waals surface area contributed by atoms with Gasteiger partial charge in [0.1, 0.15) is 5.82 Å². The lowest BCUT2D eigenvalue weighted by Crippen LogP contribution is -2.15. The second-order valence-electron chi connectivity index (χ2n) is 9.19. The molecule has 1 aliphatic carbocycles. The molecule has 0 radical (unpaired) electrons.